The summed E-state index contributed by atoms with van der Waals surface area (Å²) in [7, 11) is 1.63. The zero-order valence-corrected chi connectivity index (χ0v) is 13.5. The van der Waals surface area contributed by atoms with E-state index in [0.29, 0.717) is 12.3 Å². The smallest absolute Gasteiger partial charge is 0.163 e. The number of aromatic nitrogens is 1. The summed E-state index contributed by atoms with van der Waals surface area (Å²) in [4.78, 5) is 17.0. The van der Waals surface area contributed by atoms with Crippen LogP contribution in [0.2, 0.25) is 0 Å². The maximum Gasteiger partial charge on any atom is 0.163 e. The van der Waals surface area contributed by atoms with Crippen LogP contribution in [0.1, 0.15) is 29.6 Å². The number of pyridine rings is 1. The first-order chi connectivity index (χ1) is 10.3. The molecule has 4 nitrogen and oxygen atoms in total. The van der Waals surface area contributed by atoms with Gasteiger partial charge in [-0.1, -0.05) is 0 Å². The molecule has 0 bridgehead atoms. The zero-order valence-electron chi connectivity index (χ0n) is 12.7. The summed E-state index contributed by atoms with van der Waals surface area (Å²) in [5.74, 6) is 1.40. The van der Waals surface area contributed by atoms with Crippen LogP contribution in [0.3, 0.4) is 0 Å². The highest BCUT2D eigenvalue weighted by atomic mass is 35.5. The number of methoxy groups -OCH3 is 1. The molecule has 1 N–H and O–H groups in total. The molecule has 1 aromatic heterocycles. The number of nitrogens with one attached hydrogen (secondary N) is 1. The second-order valence-corrected chi connectivity index (χ2v) is 5.58. The van der Waals surface area contributed by atoms with Gasteiger partial charge in [0.05, 0.1) is 12.6 Å². The number of hydrogen-bond acceptors (Lipinski definition) is 4. The van der Waals surface area contributed by atoms with Gasteiger partial charge in [0.1, 0.15) is 5.75 Å². The Labute approximate surface area is 136 Å². The van der Waals surface area contributed by atoms with E-state index in [1.165, 1.54) is 0 Å². The fourth-order valence-corrected chi connectivity index (χ4v) is 2.97. The number of piperidine rings is 1. The number of halogens is 1. The Hall–Kier alpha value is -1.65. The van der Waals surface area contributed by atoms with Crippen LogP contribution in [0.15, 0.2) is 30.5 Å². The number of hydrogen-bond donors (Lipinski definition) is 1. The van der Waals surface area contributed by atoms with Gasteiger partial charge in [0.2, 0.25) is 0 Å². The maximum absolute atomic E-state index is 12.6. The van der Waals surface area contributed by atoms with Crippen LogP contribution < -0.4 is 10.1 Å². The molecule has 1 fully saturated rings. The Kier molecular flexibility index (Phi) is 5.75. The molecule has 1 aliphatic heterocycles. The van der Waals surface area contributed by atoms with Gasteiger partial charge in [0.15, 0.2) is 5.78 Å². The number of benzene rings is 1. The van der Waals surface area contributed by atoms with Gasteiger partial charge in [-0.15, -0.1) is 12.4 Å². The van der Waals surface area contributed by atoms with Crippen molar-refractivity contribution in [2.45, 2.75) is 19.3 Å². The number of carbonyl (C=O) groups excluding carboxylic acids is 1. The molecule has 1 aliphatic rings. The SMILES string of the molecule is COc1ccc2nccc(C(=O)CC3CCCNC3)c2c1.Cl. The number of carbonyl (C=O) groups is 1. The second kappa shape index (κ2) is 7.56. The first-order valence-electron chi connectivity index (χ1n) is 7.44. The van der Waals surface area contributed by atoms with E-state index in [1.807, 2.05) is 24.3 Å². The molecular weight excluding hydrogens is 300 g/mol. The van der Waals surface area contributed by atoms with E-state index < -0.39 is 0 Å². The summed E-state index contributed by atoms with van der Waals surface area (Å²) >= 11 is 0. The molecule has 1 atom stereocenters. The molecule has 1 unspecified atom stereocenters. The lowest BCUT2D eigenvalue weighted by molar-refractivity contribution is 0.0955. The van der Waals surface area contributed by atoms with Gasteiger partial charge in [-0.05, 0) is 56.1 Å². The van der Waals surface area contributed by atoms with Gasteiger partial charge >= 0.3 is 0 Å². The fraction of sp³-hybridized carbons (Fsp3) is 0.412. The third kappa shape index (κ3) is 3.57. The molecule has 0 aliphatic carbocycles. The number of rotatable bonds is 4. The average Bonchev–Trinajstić information content (AvgIpc) is 2.54. The molecule has 0 amide bonds. The second-order valence-electron chi connectivity index (χ2n) is 5.58. The predicted octanol–water partition coefficient (Wildman–Crippen LogP) is 3.24. The molecule has 22 heavy (non-hydrogen) atoms. The number of ketones is 1. The monoisotopic (exact) mass is 320 g/mol. The minimum absolute atomic E-state index is 0. The highest BCUT2D eigenvalue weighted by Gasteiger charge is 2.19. The van der Waals surface area contributed by atoms with Crippen LogP contribution in [0.25, 0.3) is 10.9 Å². The Balaban J connectivity index is 0.00000176. The molecule has 3 rings (SSSR count). The lowest BCUT2D eigenvalue weighted by Gasteiger charge is -2.22. The Bertz CT molecular complexity index is 654. The molecule has 0 saturated carbocycles. The van der Waals surface area contributed by atoms with Crippen molar-refractivity contribution in [3.63, 3.8) is 0 Å². The van der Waals surface area contributed by atoms with Crippen LogP contribution in [0, 0.1) is 5.92 Å². The van der Waals surface area contributed by atoms with Gasteiger partial charge in [0.25, 0.3) is 0 Å². The van der Waals surface area contributed by atoms with Crippen molar-refractivity contribution < 1.29 is 9.53 Å². The first-order valence-corrected chi connectivity index (χ1v) is 7.44. The van der Waals surface area contributed by atoms with Crippen molar-refractivity contribution in [3.8, 4) is 5.75 Å². The zero-order chi connectivity index (χ0) is 14.7. The topological polar surface area (TPSA) is 51.2 Å². The Morgan fingerprint density at radius 1 is 1.41 bits per heavy atom. The minimum atomic E-state index is 0. The third-order valence-corrected chi connectivity index (χ3v) is 4.12. The molecular formula is C17H21ClN2O2. The molecule has 118 valence electrons. The normalized spacial score (nSPS) is 17.8. The molecule has 0 spiro atoms. The lowest BCUT2D eigenvalue weighted by atomic mass is 9.91. The quantitative estimate of drug-likeness (QED) is 0.879. The highest BCUT2D eigenvalue weighted by molar-refractivity contribution is 6.07. The van der Waals surface area contributed by atoms with Crippen LogP contribution in [0.4, 0.5) is 0 Å². The number of Topliss-reactive ketones (excluding diaryl/α,β-unsaturated/α-hetero) is 1. The van der Waals surface area contributed by atoms with E-state index in [-0.39, 0.29) is 18.2 Å². The van der Waals surface area contributed by atoms with Crippen LogP contribution in [-0.2, 0) is 0 Å². The van der Waals surface area contributed by atoms with Crippen molar-refractivity contribution in [2.75, 3.05) is 20.2 Å². The summed E-state index contributed by atoms with van der Waals surface area (Å²) in [6, 6.07) is 7.48. The van der Waals surface area contributed by atoms with Gasteiger partial charge < -0.3 is 10.1 Å². The molecule has 2 heterocycles. The largest absolute Gasteiger partial charge is 0.497 e. The van der Waals surface area contributed by atoms with E-state index in [0.717, 1.165) is 48.1 Å². The molecule has 5 heteroatoms. The Morgan fingerprint density at radius 2 is 2.27 bits per heavy atom. The summed E-state index contributed by atoms with van der Waals surface area (Å²) in [6.07, 6.45) is 4.60. The first kappa shape index (κ1) is 16.7. The number of ether oxygens (including phenoxy) is 1. The van der Waals surface area contributed by atoms with Gasteiger partial charge in [-0.25, -0.2) is 0 Å². The van der Waals surface area contributed by atoms with Gasteiger partial charge in [-0.2, -0.15) is 0 Å². The van der Waals surface area contributed by atoms with E-state index in [9.17, 15) is 4.79 Å². The lowest BCUT2D eigenvalue weighted by Crippen LogP contribution is -2.31. The van der Waals surface area contributed by atoms with Crippen molar-refractivity contribution in [2.24, 2.45) is 5.92 Å². The molecule has 2 aromatic rings. The third-order valence-electron chi connectivity index (χ3n) is 4.12. The number of fused-ring (bicyclic) bond motifs is 1. The maximum atomic E-state index is 12.6. The Morgan fingerprint density at radius 3 is 3.00 bits per heavy atom. The summed E-state index contributed by atoms with van der Waals surface area (Å²) in [6.45, 7) is 2.01. The van der Waals surface area contributed by atoms with E-state index in [4.69, 9.17) is 4.74 Å². The van der Waals surface area contributed by atoms with E-state index in [1.54, 1.807) is 13.3 Å². The van der Waals surface area contributed by atoms with Crippen molar-refractivity contribution >= 4 is 29.1 Å². The average molecular weight is 321 g/mol. The standard InChI is InChI=1S/C17H20N2O2.ClH/c1-21-13-4-5-16-15(10-13)14(6-8-19-16)17(20)9-12-3-2-7-18-11-12;/h4-6,8,10,12,18H,2-3,7,9,11H2,1H3;1H. The molecule has 1 saturated heterocycles. The summed E-state index contributed by atoms with van der Waals surface area (Å²) in [5.41, 5.74) is 1.59. The van der Waals surface area contributed by atoms with Crippen molar-refractivity contribution in [3.05, 3.63) is 36.0 Å². The highest BCUT2D eigenvalue weighted by Crippen LogP contribution is 2.25. The summed E-state index contributed by atoms with van der Waals surface area (Å²) in [5, 5.41) is 4.24. The van der Waals surface area contributed by atoms with Crippen LogP contribution in [-0.4, -0.2) is 31.0 Å². The molecule has 0 radical (unpaired) electrons. The predicted molar refractivity (Wildman–Crippen MR) is 90.1 cm³/mol. The number of nitrogens with zero attached hydrogens (tertiary/aromatic N) is 1. The minimum Gasteiger partial charge on any atom is -0.497 e. The van der Waals surface area contributed by atoms with E-state index in [2.05, 4.69) is 10.3 Å². The van der Waals surface area contributed by atoms with Gasteiger partial charge in [0, 0.05) is 23.6 Å². The summed E-state index contributed by atoms with van der Waals surface area (Å²) < 4.78 is 5.26. The molecule has 1 aromatic carbocycles. The van der Waals surface area contributed by atoms with Crippen LogP contribution in [0.5, 0.6) is 5.75 Å². The van der Waals surface area contributed by atoms with Crippen LogP contribution >= 0.6 is 12.4 Å². The fourth-order valence-electron chi connectivity index (χ4n) is 2.97. The van der Waals surface area contributed by atoms with E-state index >= 15 is 0 Å². The van der Waals surface area contributed by atoms with Crippen molar-refractivity contribution in [1.82, 2.24) is 10.3 Å². The van der Waals surface area contributed by atoms with Gasteiger partial charge in [-0.3, -0.25) is 9.78 Å². The van der Waals surface area contributed by atoms with Crippen molar-refractivity contribution in [1.29, 1.82) is 0 Å².